The lowest BCUT2D eigenvalue weighted by Crippen LogP contribution is -2.38. The molecule has 2 aromatic carbocycles. The van der Waals surface area contributed by atoms with Gasteiger partial charge >= 0.3 is 0 Å². The largest absolute Gasteiger partial charge is 0.369 e. The molecular formula is C28H25FN8O2. The van der Waals surface area contributed by atoms with Gasteiger partial charge in [-0.15, -0.1) is 5.10 Å². The summed E-state index contributed by atoms with van der Waals surface area (Å²) in [4.78, 5) is 22.4. The Labute approximate surface area is 223 Å². The quantitative estimate of drug-likeness (QED) is 0.340. The summed E-state index contributed by atoms with van der Waals surface area (Å²) in [7, 11) is 0. The number of primary amides is 1. The Hall–Kier alpha value is -4.77. The van der Waals surface area contributed by atoms with Gasteiger partial charge in [0.05, 0.1) is 0 Å². The number of nitrogens with zero attached hydrogens (tertiary/aromatic N) is 7. The maximum Gasteiger partial charge on any atom is 0.281 e. The van der Waals surface area contributed by atoms with Crippen LogP contribution in [0.5, 0.6) is 0 Å². The molecule has 1 amide bonds. The van der Waals surface area contributed by atoms with Gasteiger partial charge in [0.15, 0.2) is 5.69 Å². The van der Waals surface area contributed by atoms with Crippen LogP contribution in [0.25, 0.3) is 39.9 Å². The van der Waals surface area contributed by atoms with Crippen LogP contribution in [-0.4, -0.2) is 54.0 Å². The Balaban J connectivity index is 1.25. The SMILES string of the molecule is NC(=O)C1CCN(Cc2ccc(-c3noc(-c4nnn(-c5ccccc5F)c4-c4ccncc4)n3)cc2)CC1. The van der Waals surface area contributed by atoms with Crippen molar-refractivity contribution < 1.29 is 13.7 Å². The average Bonchev–Trinajstić information content (AvgIpc) is 3.62. The Kier molecular flexibility index (Phi) is 6.64. The lowest BCUT2D eigenvalue weighted by molar-refractivity contribution is -0.123. The van der Waals surface area contributed by atoms with Crippen molar-refractivity contribution in [1.29, 1.82) is 0 Å². The van der Waals surface area contributed by atoms with Gasteiger partial charge in [-0.2, -0.15) is 4.98 Å². The highest BCUT2D eigenvalue weighted by Crippen LogP contribution is 2.32. The molecule has 6 rings (SSSR count). The monoisotopic (exact) mass is 524 g/mol. The van der Waals surface area contributed by atoms with Crippen molar-refractivity contribution in [1.82, 2.24) is 35.0 Å². The van der Waals surface area contributed by atoms with Crippen LogP contribution in [0.2, 0.25) is 0 Å². The maximum atomic E-state index is 14.7. The van der Waals surface area contributed by atoms with Gasteiger partial charge in [-0.05, 0) is 55.8 Å². The third kappa shape index (κ3) is 5.04. The third-order valence-corrected chi connectivity index (χ3v) is 6.94. The van der Waals surface area contributed by atoms with E-state index < -0.39 is 5.82 Å². The molecule has 10 nitrogen and oxygen atoms in total. The molecule has 1 aliphatic rings. The van der Waals surface area contributed by atoms with Crippen molar-refractivity contribution in [2.45, 2.75) is 19.4 Å². The summed E-state index contributed by atoms with van der Waals surface area (Å²) in [6.45, 7) is 2.48. The predicted molar refractivity (Wildman–Crippen MR) is 140 cm³/mol. The van der Waals surface area contributed by atoms with Crippen LogP contribution in [0.15, 0.2) is 77.6 Å². The Morgan fingerprint density at radius 3 is 2.46 bits per heavy atom. The number of carbonyl (C=O) groups is 1. The highest BCUT2D eigenvalue weighted by Gasteiger charge is 2.25. The number of hydrogen-bond donors (Lipinski definition) is 1. The average molecular weight is 525 g/mol. The van der Waals surface area contributed by atoms with Gasteiger partial charge in [-0.25, -0.2) is 9.07 Å². The van der Waals surface area contributed by atoms with E-state index in [1.165, 1.54) is 10.7 Å². The van der Waals surface area contributed by atoms with Gasteiger partial charge in [0.25, 0.3) is 5.89 Å². The number of piperidine rings is 1. The van der Waals surface area contributed by atoms with E-state index in [0.29, 0.717) is 17.2 Å². The van der Waals surface area contributed by atoms with Crippen molar-refractivity contribution in [3.8, 4) is 39.9 Å². The molecule has 4 heterocycles. The first kappa shape index (κ1) is 24.6. The summed E-state index contributed by atoms with van der Waals surface area (Å²) in [5.74, 6) is -0.0989. The molecule has 0 atom stereocenters. The molecule has 0 unspecified atom stereocenters. The number of nitrogens with two attached hydrogens (primary N) is 1. The number of hydrogen-bond acceptors (Lipinski definition) is 8. The lowest BCUT2D eigenvalue weighted by Gasteiger charge is -2.30. The standard InChI is InChI=1S/C28H25FN8O2/c29-22-3-1-2-4-23(22)37-25(19-9-13-31-14-10-19)24(33-35-37)28-32-27(34-39-28)21-7-5-18(6-8-21)17-36-15-11-20(12-16-36)26(30)38/h1-10,13-14,20H,11-12,15-17H2,(H2,30,38). The van der Waals surface area contributed by atoms with E-state index in [2.05, 4.69) is 30.3 Å². The number of aromatic nitrogens is 6. The topological polar surface area (TPSA) is 129 Å². The predicted octanol–water partition coefficient (Wildman–Crippen LogP) is 3.88. The molecule has 0 spiro atoms. The number of carbonyl (C=O) groups excluding carboxylic acids is 1. The van der Waals surface area contributed by atoms with Gasteiger partial charge in [-0.1, -0.05) is 46.8 Å². The Bertz CT molecular complexity index is 1590. The van der Waals surface area contributed by atoms with Crippen LogP contribution >= 0.6 is 0 Å². The number of rotatable bonds is 7. The van der Waals surface area contributed by atoms with Crippen LogP contribution in [0, 0.1) is 11.7 Å². The molecular weight excluding hydrogens is 499 g/mol. The zero-order valence-electron chi connectivity index (χ0n) is 20.9. The molecule has 11 heteroatoms. The van der Waals surface area contributed by atoms with E-state index in [9.17, 15) is 9.18 Å². The second-order valence-electron chi connectivity index (χ2n) is 9.46. The second kappa shape index (κ2) is 10.5. The molecule has 1 fully saturated rings. The van der Waals surface area contributed by atoms with Crippen molar-refractivity contribution >= 4 is 5.91 Å². The lowest BCUT2D eigenvalue weighted by atomic mass is 9.96. The van der Waals surface area contributed by atoms with Crippen LogP contribution in [0.3, 0.4) is 0 Å². The van der Waals surface area contributed by atoms with Crippen molar-refractivity contribution in [2.24, 2.45) is 11.7 Å². The molecule has 1 aliphatic heterocycles. The number of halogens is 1. The van der Waals surface area contributed by atoms with E-state index >= 15 is 0 Å². The van der Waals surface area contributed by atoms with Crippen LogP contribution in [0.1, 0.15) is 18.4 Å². The third-order valence-electron chi connectivity index (χ3n) is 6.94. The normalized spacial score (nSPS) is 14.5. The maximum absolute atomic E-state index is 14.7. The number of amides is 1. The minimum Gasteiger partial charge on any atom is -0.369 e. The molecule has 0 bridgehead atoms. The summed E-state index contributed by atoms with van der Waals surface area (Å²) >= 11 is 0. The zero-order chi connectivity index (χ0) is 26.8. The molecule has 0 radical (unpaired) electrons. The first-order valence-corrected chi connectivity index (χ1v) is 12.6. The summed E-state index contributed by atoms with van der Waals surface area (Å²) in [5.41, 5.74) is 9.18. The molecule has 39 heavy (non-hydrogen) atoms. The van der Waals surface area contributed by atoms with Gasteiger partial charge in [0.2, 0.25) is 11.7 Å². The van der Waals surface area contributed by atoms with Gasteiger partial charge in [0, 0.05) is 36.0 Å². The minimum absolute atomic E-state index is 0.0246. The summed E-state index contributed by atoms with van der Waals surface area (Å²) in [6, 6.07) is 17.9. The second-order valence-corrected chi connectivity index (χ2v) is 9.46. The van der Waals surface area contributed by atoms with Gasteiger partial charge in [-0.3, -0.25) is 14.7 Å². The van der Waals surface area contributed by atoms with Crippen molar-refractivity contribution in [3.05, 3.63) is 84.4 Å². The highest BCUT2D eigenvalue weighted by atomic mass is 19.1. The van der Waals surface area contributed by atoms with E-state index in [-0.39, 0.29) is 23.4 Å². The molecule has 1 saturated heterocycles. The number of benzene rings is 2. The fraction of sp³-hybridized carbons (Fsp3) is 0.214. The summed E-state index contributed by atoms with van der Waals surface area (Å²) in [6.07, 6.45) is 4.86. The molecule has 0 saturated carbocycles. The Morgan fingerprint density at radius 1 is 1.00 bits per heavy atom. The van der Waals surface area contributed by atoms with Gasteiger partial charge in [0.1, 0.15) is 17.2 Å². The van der Waals surface area contributed by atoms with E-state index in [1.54, 1.807) is 42.7 Å². The first-order valence-electron chi connectivity index (χ1n) is 12.6. The molecule has 196 valence electrons. The van der Waals surface area contributed by atoms with Crippen molar-refractivity contribution in [2.75, 3.05) is 13.1 Å². The zero-order valence-corrected chi connectivity index (χ0v) is 20.9. The molecule has 5 aromatic rings. The van der Waals surface area contributed by atoms with Crippen LogP contribution < -0.4 is 5.73 Å². The highest BCUT2D eigenvalue weighted by molar-refractivity contribution is 5.77. The Morgan fingerprint density at radius 2 is 1.74 bits per heavy atom. The van der Waals surface area contributed by atoms with E-state index in [1.807, 2.05) is 24.3 Å². The number of likely N-dealkylation sites (tertiary alicyclic amines) is 1. The van der Waals surface area contributed by atoms with Crippen LogP contribution in [0.4, 0.5) is 4.39 Å². The van der Waals surface area contributed by atoms with E-state index in [4.69, 9.17) is 10.3 Å². The minimum atomic E-state index is -0.437. The molecule has 3 aromatic heterocycles. The van der Waals surface area contributed by atoms with E-state index in [0.717, 1.165) is 49.2 Å². The summed E-state index contributed by atoms with van der Waals surface area (Å²) < 4.78 is 21.7. The molecule has 2 N–H and O–H groups in total. The number of para-hydroxylation sites is 1. The smallest absolute Gasteiger partial charge is 0.281 e. The first-order chi connectivity index (χ1) is 19.1. The number of pyridine rings is 1. The van der Waals surface area contributed by atoms with Crippen LogP contribution in [-0.2, 0) is 11.3 Å². The van der Waals surface area contributed by atoms with Crippen molar-refractivity contribution in [3.63, 3.8) is 0 Å². The fourth-order valence-corrected chi connectivity index (χ4v) is 4.82. The fourth-order valence-electron chi connectivity index (χ4n) is 4.82. The molecule has 0 aliphatic carbocycles. The summed E-state index contributed by atoms with van der Waals surface area (Å²) in [5, 5.41) is 12.7. The van der Waals surface area contributed by atoms with Gasteiger partial charge < -0.3 is 10.3 Å².